The molecule has 0 radical (unpaired) electrons. The van der Waals surface area contributed by atoms with Gasteiger partial charge in [-0.1, -0.05) is 37.1 Å². The first kappa shape index (κ1) is 14.8. The maximum absolute atomic E-state index is 12.4. The molecule has 1 fully saturated rings. The third-order valence-electron chi connectivity index (χ3n) is 4.47. The quantitative estimate of drug-likeness (QED) is 0.681. The summed E-state index contributed by atoms with van der Waals surface area (Å²) >= 11 is 0. The smallest absolute Gasteiger partial charge is 0.246 e. The van der Waals surface area contributed by atoms with Gasteiger partial charge < -0.3 is 4.90 Å². The standard InChI is InChI=1S/C18H19N5O/c24-17(22-11-5-1-2-6-12-22)10-9-16-20-21-18-15-8-4-3-7-14(15)13-19-23(16)18/h3-4,7-10,13H,1-2,5-6,11-12H2/b10-9+. The molecule has 0 atom stereocenters. The van der Waals surface area contributed by atoms with Crippen molar-refractivity contribution < 1.29 is 4.79 Å². The van der Waals surface area contributed by atoms with Crippen LogP contribution < -0.4 is 0 Å². The fourth-order valence-corrected chi connectivity index (χ4v) is 3.15. The molecule has 0 spiro atoms. The third kappa shape index (κ3) is 2.75. The van der Waals surface area contributed by atoms with Crippen LogP contribution in [0.5, 0.6) is 0 Å². The molecule has 0 N–H and O–H groups in total. The number of likely N-dealkylation sites (tertiary alicyclic amines) is 1. The molecule has 6 nitrogen and oxygen atoms in total. The van der Waals surface area contributed by atoms with E-state index in [-0.39, 0.29) is 5.91 Å². The maximum atomic E-state index is 12.4. The molecule has 0 saturated carbocycles. The molecule has 1 amide bonds. The van der Waals surface area contributed by atoms with Crippen molar-refractivity contribution in [3.05, 3.63) is 42.4 Å². The van der Waals surface area contributed by atoms with Gasteiger partial charge in [-0.15, -0.1) is 10.2 Å². The normalized spacial score (nSPS) is 16.1. The van der Waals surface area contributed by atoms with Crippen molar-refractivity contribution in [2.24, 2.45) is 0 Å². The van der Waals surface area contributed by atoms with Crippen LogP contribution in [0.3, 0.4) is 0 Å². The lowest BCUT2D eigenvalue weighted by Gasteiger charge is -2.17. The van der Waals surface area contributed by atoms with Gasteiger partial charge in [-0.2, -0.15) is 9.61 Å². The molecule has 1 saturated heterocycles. The molecular formula is C18H19N5O. The van der Waals surface area contributed by atoms with Gasteiger partial charge >= 0.3 is 0 Å². The first-order valence-electron chi connectivity index (χ1n) is 8.39. The number of amides is 1. The van der Waals surface area contributed by atoms with Crippen molar-refractivity contribution in [2.45, 2.75) is 25.7 Å². The van der Waals surface area contributed by atoms with Crippen LogP contribution in [0.1, 0.15) is 31.5 Å². The summed E-state index contributed by atoms with van der Waals surface area (Å²) in [4.78, 5) is 14.3. The molecule has 1 aliphatic heterocycles. The molecule has 2 aromatic heterocycles. The minimum absolute atomic E-state index is 0.0365. The van der Waals surface area contributed by atoms with E-state index in [4.69, 9.17) is 0 Å². The average molecular weight is 321 g/mol. The second kappa shape index (κ2) is 6.39. The second-order valence-corrected chi connectivity index (χ2v) is 6.10. The molecule has 6 heteroatoms. The van der Waals surface area contributed by atoms with Crippen LogP contribution in [0, 0.1) is 0 Å². The molecule has 0 bridgehead atoms. The van der Waals surface area contributed by atoms with Crippen molar-refractivity contribution in [2.75, 3.05) is 13.1 Å². The van der Waals surface area contributed by atoms with Gasteiger partial charge in [0, 0.05) is 29.9 Å². The Morgan fingerprint density at radius 2 is 1.83 bits per heavy atom. The van der Waals surface area contributed by atoms with Crippen LogP contribution in [-0.2, 0) is 4.79 Å². The molecule has 0 unspecified atom stereocenters. The average Bonchev–Trinajstić information content (AvgIpc) is 2.84. The molecule has 1 aromatic carbocycles. The van der Waals surface area contributed by atoms with Crippen LogP contribution >= 0.6 is 0 Å². The Hall–Kier alpha value is -2.76. The minimum atomic E-state index is 0.0365. The van der Waals surface area contributed by atoms with Crippen molar-refractivity contribution in [3.63, 3.8) is 0 Å². The summed E-state index contributed by atoms with van der Waals surface area (Å²) in [5.41, 5.74) is 0.704. The van der Waals surface area contributed by atoms with E-state index in [0.717, 1.165) is 36.7 Å². The van der Waals surface area contributed by atoms with Gasteiger partial charge in [0.2, 0.25) is 5.91 Å². The van der Waals surface area contributed by atoms with Gasteiger partial charge in [-0.05, 0) is 18.9 Å². The zero-order chi connectivity index (χ0) is 16.4. The Kier molecular flexibility index (Phi) is 3.94. The summed E-state index contributed by atoms with van der Waals surface area (Å²) in [5.74, 6) is 0.605. The number of benzene rings is 1. The van der Waals surface area contributed by atoms with E-state index in [1.165, 1.54) is 12.8 Å². The highest BCUT2D eigenvalue weighted by Gasteiger charge is 2.13. The minimum Gasteiger partial charge on any atom is -0.339 e. The molecule has 0 aliphatic carbocycles. The summed E-state index contributed by atoms with van der Waals surface area (Å²) in [5, 5.41) is 14.8. The van der Waals surface area contributed by atoms with Crippen LogP contribution in [0.4, 0.5) is 0 Å². The number of nitrogens with zero attached hydrogens (tertiary/aromatic N) is 5. The predicted molar refractivity (Wildman–Crippen MR) is 92.4 cm³/mol. The fraction of sp³-hybridized carbons (Fsp3) is 0.333. The molecule has 1 aliphatic rings. The summed E-state index contributed by atoms with van der Waals surface area (Å²) < 4.78 is 1.68. The van der Waals surface area contributed by atoms with Crippen molar-refractivity contribution in [1.82, 2.24) is 24.7 Å². The molecule has 4 rings (SSSR count). The number of fused-ring (bicyclic) bond motifs is 3. The number of hydrogen-bond acceptors (Lipinski definition) is 4. The Labute approximate surface area is 139 Å². The summed E-state index contributed by atoms with van der Waals surface area (Å²) in [7, 11) is 0. The van der Waals surface area contributed by atoms with E-state index < -0.39 is 0 Å². The fourth-order valence-electron chi connectivity index (χ4n) is 3.15. The van der Waals surface area contributed by atoms with Crippen LogP contribution in [0.25, 0.3) is 22.5 Å². The largest absolute Gasteiger partial charge is 0.339 e. The van der Waals surface area contributed by atoms with Gasteiger partial charge in [0.05, 0.1) is 6.20 Å². The summed E-state index contributed by atoms with van der Waals surface area (Å²) in [6.45, 7) is 1.68. The topological polar surface area (TPSA) is 63.4 Å². The maximum Gasteiger partial charge on any atom is 0.246 e. The van der Waals surface area contributed by atoms with Crippen molar-refractivity contribution in [1.29, 1.82) is 0 Å². The zero-order valence-electron chi connectivity index (χ0n) is 13.4. The summed E-state index contributed by atoms with van der Waals surface area (Å²) in [6, 6.07) is 7.93. The molecular weight excluding hydrogens is 302 g/mol. The van der Waals surface area contributed by atoms with Crippen molar-refractivity contribution in [3.8, 4) is 0 Å². The highest BCUT2D eigenvalue weighted by atomic mass is 16.2. The number of aromatic nitrogens is 4. The van der Waals surface area contributed by atoms with Gasteiger partial charge in [0.15, 0.2) is 11.5 Å². The van der Waals surface area contributed by atoms with E-state index in [1.54, 1.807) is 22.9 Å². The van der Waals surface area contributed by atoms with E-state index in [0.29, 0.717) is 11.5 Å². The first-order valence-corrected chi connectivity index (χ1v) is 8.39. The summed E-state index contributed by atoms with van der Waals surface area (Å²) in [6.07, 6.45) is 9.66. The highest BCUT2D eigenvalue weighted by Crippen LogP contribution is 2.17. The van der Waals surface area contributed by atoms with E-state index in [9.17, 15) is 4.79 Å². The Balaban J connectivity index is 1.62. The second-order valence-electron chi connectivity index (χ2n) is 6.10. The van der Waals surface area contributed by atoms with E-state index >= 15 is 0 Å². The van der Waals surface area contributed by atoms with Gasteiger partial charge in [-0.3, -0.25) is 4.79 Å². The monoisotopic (exact) mass is 321 g/mol. The van der Waals surface area contributed by atoms with Gasteiger partial charge in [-0.25, -0.2) is 0 Å². The lowest BCUT2D eigenvalue weighted by molar-refractivity contribution is -0.125. The SMILES string of the molecule is O=C(/C=C/c1nnc2c3ccccc3cnn12)N1CCCCCC1. The van der Waals surface area contributed by atoms with Crippen LogP contribution in [-0.4, -0.2) is 43.7 Å². The van der Waals surface area contributed by atoms with Crippen LogP contribution in [0.2, 0.25) is 0 Å². The zero-order valence-corrected chi connectivity index (χ0v) is 13.4. The lowest BCUT2D eigenvalue weighted by atomic mass is 10.2. The number of rotatable bonds is 2. The Morgan fingerprint density at radius 3 is 2.67 bits per heavy atom. The molecule has 3 aromatic rings. The molecule has 122 valence electrons. The number of carbonyl (C=O) groups excluding carboxylic acids is 1. The molecule has 3 heterocycles. The van der Waals surface area contributed by atoms with Crippen molar-refractivity contribution >= 4 is 28.4 Å². The predicted octanol–water partition coefficient (Wildman–Crippen LogP) is 2.69. The number of hydrogen-bond donors (Lipinski definition) is 0. The third-order valence-corrected chi connectivity index (χ3v) is 4.47. The van der Waals surface area contributed by atoms with E-state index in [1.807, 2.05) is 29.2 Å². The number of carbonyl (C=O) groups is 1. The Morgan fingerprint density at radius 1 is 1.04 bits per heavy atom. The highest BCUT2D eigenvalue weighted by molar-refractivity contribution is 5.94. The Bertz CT molecular complexity index is 906. The van der Waals surface area contributed by atoms with Gasteiger partial charge in [0.1, 0.15) is 0 Å². The van der Waals surface area contributed by atoms with Gasteiger partial charge in [0.25, 0.3) is 0 Å². The lowest BCUT2D eigenvalue weighted by Crippen LogP contribution is -2.30. The van der Waals surface area contributed by atoms with Crippen LogP contribution in [0.15, 0.2) is 36.5 Å². The first-order chi connectivity index (χ1) is 11.8. The van der Waals surface area contributed by atoms with E-state index in [2.05, 4.69) is 15.3 Å². The molecule has 24 heavy (non-hydrogen) atoms.